The van der Waals surface area contributed by atoms with Crippen molar-refractivity contribution < 1.29 is 18.3 Å². The summed E-state index contributed by atoms with van der Waals surface area (Å²) in [6, 6.07) is 6.39. The van der Waals surface area contributed by atoms with Crippen molar-refractivity contribution in [3.05, 3.63) is 24.3 Å². The first-order chi connectivity index (χ1) is 9.36. The maximum atomic E-state index is 12.2. The molecule has 0 saturated carbocycles. The van der Waals surface area contributed by atoms with Gasteiger partial charge in [-0.15, -0.1) is 0 Å². The van der Waals surface area contributed by atoms with Crippen molar-refractivity contribution in [1.29, 1.82) is 0 Å². The molecule has 3 N–H and O–H groups in total. The summed E-state index contributed by atoms with van der Waals surface area (Å²) in [6.45, 7) is 3.92. The van der Waals surface area contributed by atoms with Gasteiger partial charge in [-0.05, 0) is 26.0 Å². The lowest BCUT2D eigenvalue weighted by Crippen LogP contribution is -2.31. The summed E-state index contributed by atoms with van der Waals surface area (Å²) in [5.41, 5.74) is 0.454. The highest BCUT2D eigenvalue weighted by Gasteiger charge is 2.19. The number of sulfonamides is 1. The summed E-state index contributed by atoms with van der Waals surface area (Å²) < 4.78 is 31.7. The number of aliphatic hydroxyl groups excluding tert-OH is 1. The number of methoxy groups -OCH3 is 1. The van der Waals surface area contributed by atoms with Gasteiger partial charge in [0.1, 0.15) is 4.90 Å². The molecule has 0 bridgehead atoms. The monoisotopic (exact) mass is 302 g/mol. The molecule has 0 amide bonds. The molecule has 1 unspecified atom stereocenters. The fourth-order valence-electron chi connectivity index (χ4n) is 1.70. The van der Waals surface area contributed by atoms with Crippen LogP contribution in [0.25, 0.3) is 0 Å². The predicted molar refractivity (Wildman–Crippen MR) is 78.3 cm³/mol. The molecule has 0 aliphatic carbocycles. The summed E-state index contributed by atoms with van der Waals surface area (Å²) in [5, 5.41) is 12.5. The van der Waals surface area contributed by atoms with Gasteiger partial charge >= 0.3 is 0 Å². The Morgan fingerprint density at radius 3 is 2.55 bits per heavy atom. The number of rotatable bonds is 8. The molecule has 0 aromatic heterocycles. The standard InChI is InChI=1S/C13H22N2O4S/c1-10(2)15-20(17,18)13-7-5-4-6-12(13)14-8-11(16)9-19-3/h4-7,10-11,14-16H,8-9H2,1-3H3. The molecule has 114 valence electrons. The SMILES string of the molecule is COCC(O)CNc1ccccc1S(=O)(=O)NC(C)C. The minimum absolute atomic E-state index is 0.165. The van der Waals surface area contributed by atoms with Crippen LogP contribution in [-0.2, 0) is 14.8 Å². The Hall–Kier alpha value is -1.15. The van der Waals surface area contributed by atoms with Crippen LogP contribution in [0.15, 0.2) is 29.2 Å². The Bertz CT molecular complexity index is 517. The van der Waals surface area contributed by atoms with E-state index in [4.69, 9.17) is 4.74 Å². The number of ether oxygens (including phenoxy) is 1. The van der Waals surface area contributed by atoms with E-state index in [0.717, 1.165) is 0 Å². The topological polar surface area (TPSA) is 87.7 Å². The van der Waals surface area contributed by atoms with Gasteiger partial charge in [0.2, 0.25) is 10.0 Å². The van der Waals surface area contributed by atoms with Gasteiger partial charge in [-0.25, -0.2) is 13.1 Å². The predicted octanol–water partition coefficient (Wildman–Crippen LogP) is 0.792. The summed E-state index contributed by atoms with van der Waals surface area (Å²) in [4.78, 5) is 0.165. The van der Waals surface area contributed by atoms with Crippen LogP contribution in [0.1, 0.15) is 13.8 Å². The average molecular weight is 302 g/mol. The highest BCUT2D eigenvalue weighted by atomic mass is 32.2. The smallest absolute Gasteiger partial charge is 0.242 e. The van der Waals surface area contributed by atoms with Crippen molar-refractivity contribution >= 4 is 15.7 Å². The Morgan fingerprint density at radius 1 is 1.30 bits per heavy atom. The van der Waals surface area contributed by atoms with Crippen molar-refractivity contribution in [3.8, 4) is 0 Å². The highest BCUT2D eigenvalue weighted by Crippen LogP contribution is 2.20. The zero-order valence-electron chi connectivity index (χ0n) is 12.0. The number of nitrogens with one attached hydrogen (secondary N) is 2. The van der Waals surface area contributed by atoms with Crippen molar-refractivity contribution in [2.75, 3.05) is 25.6 Å². The van der Waals surface area contributed by atoms with Gasteiger partial charge in [0, 0.05) is 19.7 Å². The second-order valence-electron chi connectivity index (χ2n) is 4.76. The van der Waals surface area contributed by atoms with Crippen molar-refractivity contribution in [3.63, 3.8) is 0 Å². The third kappa shape index (κ3) is 5.09. The molecule has 0 heterocycles. The molecule has 1 atom stereocenters. The van der Waals surface area contributed by atoms with Crippen LogP contribution in [0.4, 0.5) is 5.69 Å². The van der Waals surface area contributed by atoms with E-state index in [2.05, 4.69) is 10.0 Å². The largest absolute Gasteiger partial charge is 0.389 e. The molecule has 1 aromatic rings. The van der Waals surface area contributed by atoms with E-state index >= 15 is 0 Å². The third-order valence-corrected chi connectivity index (χ3v) is 4.17. The number of anilines is 1. The van der Waals surface area contributed by atoms with E-state index in [0.29, 0.717) is 5.69 Å². The highest BCUT2D eigenvalue weighted by molar-refractivity contribution is 7.89. The molecule has 0 radical (unpaired) electrons. The van der Waals surface area contributed by atoms with Crippen LogP contribution in [0.2, 0.25) is 0 Å². The van der Waals surface area contributed by atoms with E-state index in [1.165, 1.54) is 13.2 Å². The Labute approximate surface area is 120 Å². The maximum Gasteiger partial charge on any atom is 0.242 e. The van der Waals surface area contributed by atoms with Crippen LogP contribution in [0.3, 0.4) is 0 Å². The quantitative estimate of drug-likeness (QED) is 0.661. The van der Waals surface area contributed by atoms with Gasteiger partial charge in [-0.3, -0.25) is 0 Å². The van der Waals surface area contributed by atoms with E-state index < -0.39 is 16.1 Å². The summed E-state index contributed by atoms with van der Waals surface area (Å²) >= 11 is 0. The second-order valence-corrected chi connectivity index (χ2v) is 6.44. The molecule has 0 aliphatic rings. The number of aliphatic hydroxyl groups is 1. The molecule has 6 nitrogen and oxygen atoms in total. The Morgan fingerprint density at radius 2 is 1.95 bits per heavy atom. The van der Waals surface area contributed by atoms with E-state index in [9.17, 15) is 13.5 Å². The lowest BCUT2D eigenvalue weighted by molar-refractivity contribution is 0.0727. The lowest BCUT2D eigenvalue weighted by atomic mass is 10.3. The maximum absolute atomic E-state index is 12.2. The molecule has 20 heavy (non-hydrogen) atoms. The molecule has 1 rings (SSSR count). The summed E-state index contributed by atoms with van der Waals surface area (Å²) in [6.07, 6.45) is -0.700. The molecule has 0 aliphatic heterocycles. The van der Waals surface area contributed by atoms with Gasteiger partial charge in [0.05, 0.1) is 18.4 Å². The van der Waals surface area contributed by atoms with Crippen LogP contribution in [-0.4, -0.2) is 45.9 Å². The first-order valence-corrected chi connectivity index (χ1v) is 7.87. The summed E-state index contributed by atoms with van der Waals surface area (Å²) in [7, 11) is -2.08. The number of hydrogen-bond acceptors (Lipinski definition) is 5. The third-order valence-electron chi connectivity index (χ3n) is 2.45. The number of benzene rings is 1. The van der Waals surface area contributed by atoms with Gasteiger partial charge in [0.15, 0.2) is 0 Å². The molecule has 1 aromatic carbocycles. The van der Waals surface area contributed by atoms with E-state index in [1.54, 1.807) is 32.0 Å². The molecule has 0 spiro atoms. The average Bonchev–Trinajstić information content (AvgIpc) is 2.35. The Balaban J connectivity index is 2.88. The lowest BCUT2D eigenvalue weighted by Gasteiger charge is -2.16. The van der Waals surface area contributed by atoms with Crippen molar-refractivity contribution in [1.82, 2.24) is 4.72 Å². The van der Waals surface area contributed by atoms with Gasteiger partial charge in [-0.1, -0.05) is 12.1 Å². The second kappa shape index (κ2) is 7.58. The van der Waals surface area contributed by atoms with E-state index in [-0.39, 0.29) is 24.1 Å². The number of para-hydroxylation sites is 1. The minimum atomic E-state index is -3.58. The normalized spacial score (nSPS) is 13.4. The van der Waals surface area contributed by atoms with Gasteiger partial charge < -0.3 is 15.2 Å². The van der Waals surface area contributed by atoms with Crippen LogP contribution >= 0.6 is 0 Å². The molecule has 0 fully saturated rings. The fraction of sp³-hybridized carbons (Fsp3) is 0.538. The van der Waals surface area contributed by atoms with E-state index in [1.807, 2.05) is 0 Å². The van der Waals surface area contributed by atoms with Crippen LogP contribution in [0, 0.1) is 0 Å². The zero-order chi connectivity index (χ0) is 15.2. The van der Waals surface area contributed by atoms with Crippen molar-refractivity contribution in [2.45, 2.75) is 30.9 Å². The van der Waals surface area contributed by atoms with Crippen LogP contribution in [0.5, 0.6) is 0 Å². The van der Waals surface area contributed by atoms with Gasteiger partial charge in [0.25, 0.3) is 0 Å². The Kier molecular flexibility index (Phi) is 6.41. The first kappa shape index (κ1) is 16.9. The van der Waals surface area contributed by atoms with Crippen molar-refractivity contribution in [2.24, 2.45) is 0 Å². The molecular weight excluding hydrogens is 280 g/mol. The fourth-order valence-corrected chi connectivity index (χ4v) is 3.13. The number of hydrogen-bond donors (Lipinski definition) is 3. The molecular formula is C13H22N2O4S. The first-order valence-electron chi connectivity index (χ1n) is 6.39. The molecule has 0 saturated heterocycles. The zero-order valence-corrected chi connectivity index (χ0v) is 12.8. The van der Waals surface area contributed by atoms with Crippen LogP contribution < -0.4 is 10.0 Å². The molecule has 7 heteroatoms. The summed E-state index contributed by atoms with van der Waals surface area (Å²) in [5.74, 6) is 0. The minimum Gasteiger partial charge on any atom is -0.389 e. The van der Waals surface area contributed by atoms with Gasteiger partial charge in [-0.2, -0.15) is 0 Å².